The third kappa shape index (κ3) is 3.80. The van der Waals surface area contributed by atoms with Gasteiger partial charge in [0.15, 0.2) is 0 Å². The summed E-state index contributed by atoms with van der Waals surface area (Å²) in [6, 6.07) is 7.28. The minimum absolute atomic E-state index is 0.0640. The number of benzene rings is 1. The minimum Gasteiger partial charge on any atom is -0.323 e. The smallest absolute Gasteiger partial charge is 0.215 e. The van der Waals surface area contributed by atoms with Crippen LogP contribution in [0.2, 0.25) is 0 Å². The first-order valence-electron chi connectivity index (χ1n) is 5.61. The molecule has 5 heteroatoms. The zero-order valence-electron chi connectivity index (χ0n) is 10.6. The molecule has 1 aromatic carbocycles. The maximum absolute atomic E-state index is 11.7. The molecule has 0 spiro atoms. The highest BCUT2D eigenvalue weighted by Gasteiger charge is 2.19. The van der Waals surface area contributed by atoms with Gasteiger partial charge in [0, 0.05) is 20.1 Å². The Morgan fingerprint density at radius 1 is 1.24 bits per heavy atom. The van der Waals surface area contributed by atoms with Crippen molar-refractivity contribution in [2.75, 3.05) is 19.8 Å². The van der Waals surface area contributed by atoms with Gasteiger partial charge in [-0.1, -0.05) is 31.2 Å². The second-order valence-electron chi connectivity index (χ2n) is 4.26. The van der Waals surface area contributed by atoms with Crippen LogP contribution in [0.3, 0.4) is 0 Å². The summed E-state index contributed by atoms with van der Waals surface area (Å²) in [6.07, 6.45) is 0.964. The Hall–Kier alpha value is -0.910. The van der Waals surface area contributed by atoms with E-state index in [-0.39, 0.29) is 5.75 Å². The zero-order valence-corrected chi connectivity index (χ0v) is 11.4. The van der Waals surface area contributed by atoms with E-state index in [9.17, 15) is 8.42 Å². The molecular weight excluding hydrogens is 236 g/mol. The summed E-state index contributed by atoms with van der Waals surface area (Å²) in [5.74, 6) is -0.0640. The molecule has 0 fully saturated rings. The molecule has 4 nitrogen and oxygen atoms in total. The van der Waals surface area contributed by atoms with Crippen LogP contribution >= 0.6 is 0 Å². The average Bonchev–Trinajstić information content (AvgIpc) is 2.28. The molecular formula is C12H20N2O2S. The van der Waals surface area contributed by atoms with E-state index in [0.717, 1.165) is 12.0 Å². The fraction of sp³-hybridized carbons (Fsp3) is 0.500. The summed E-state index contributed by atoms with van der Waals surface area (Å²) in [7, 11) is -0.221. The molecule has 0 aliphatic carbocycles. The first-order valence-corrected chi connectivity index (χ1v) is 7.22. The Bertz CT molecular complexity index is 452. The predicted octanol–water partition coefficient (Wildman–Crippen LogP) is 1.14. The van der Waals surface area contributed by atoms with E-state index in [0.29, 0.717) is 0 Å². The van der Waals surface area contributed by atoms with Gasteiger partial charge in [-0.15, -0.1) is 0 Å². The fourth-order valence-corrected chi connectivity index (χ4v) is 2.42. The van der Waals surface area contributed by atoms with Crippen molar-refractivity contribution in [2.24, 2.45) is 5.73 Å². The van der Waals surface area contributed by atoms with Crippen molar-refractivity contribution < 1.29 is 8.42 Å². The highest BCUT2D eigenvalue weighted by Crippen LogP contribution is 2.15. The third-order valence-electron chi connectivity index (χ3n) is 2.76. The van der Waals surface area contributed by atoms with Crippen molar-refractivity contribution in [2.45, 2.75) is 19.4 Å². The lowest BCUT2D eigenvalue weighted by Crippen LogP contribution is -2.31. The van der Waals surface area contributed by atoms with E-state index >= 15 is 0 Å². The summed E-state index contributed by atoms with van der Waals surface area (Å²) in [5, 5.41) is 0. The van der Waals surface area contributed by atoms with E-state index in [4.69, 9.17) is 5.73 Å². The van der Waals surface area contributed by atoms with Gasteiger partial charge in [0.2, 0.25) is 10.0 Å². The molecule has 1 rings (SSSR count). The molecule has 0 radical (unpaired) electrons. The number of hydrogen-bond acceptors (Lipinski definition) is 3. The van der Waals surface area contributed by atoms with Crippen molar-refractivity contribution in [1.82, 2.24) is 4.31 Å². The van der Waals surface area contributed by atoms with Gasteiger partial charge in [-0.25, -0.2) is 12.7 Å². The molecule has 0 heterocycles. The molecule has 1 unspecified atom stereocenters. The Balaban J connectivity index is 2.80. The maximum atomic E-state index is 11.7. The number of nitrogens with zero attached hydrogens (tertiary/aromatic N) is 1. The highest BCUT2D eigenvalue weighted by molar-refractivity contribution is 7.89. The van der Waals surface area contributed by atoms with Crippen molar-refractivity contribution in [3.05, 3.63) is 35.4 Å². The van der Waals surface area contributed by atoms with Gasteiger partial charge >= 0.3 is 0 Å². The normalized spacial score (nSPS) is 13.9. The fourth-order valence-electron chi connectivity index (χ4n) is 1.47. The molecule has 0 saturated heterocycles. The first kappa shape index (κ1) is 14.2. The summed E-state index contributed by atoms with van der Waals surface area (Å²) in [4.78, 5) is 0. The Morgan fingerprint density at radius 3 is 2.18 bits per heavy atom. The topological polar surface area (TPSA) is 63.4 Å². The molecule has 96 valence electrons. The van der Waals surface area contributed by atoms with Crippen molar-refractivity contribution in [3.8, 4) is 0 Å². The van der Waals surface area contributed by atoms with Crippen LogP contribution in [0.1, 0.15) is 24.1 Å². The molecule has 1 atom stereocenters. The molecule has 0 amide bonds. The van der Waals surface area contributed by atoms with Gasteiger partial charge in [0.25, 0.3) is 0 Å². The Morgan fingerprint density at radius 2 is 1.76 bits per heavy atom. The predicted molar refractivity (Wildman–Crippen MR) is 70.2 cm³/mol. The van der Waals surface area contributed by atoms with E-state index in [2.05, 4.69) is 6.92 Å². The van der Waals surface area contributed by atoms with Crippen LogP contribution in [0.25, 0.3) is 0 Å². The number of hydrogen-bond donors (Lipinski definition) is 1. The third-order valence-corrected chi connectivity index (χ3v) is 4.66. The number of aryl methyl sites for hydroxylation is 1. The lowest BCUT2D eigenvalue weighted by atomic mass is 10.1. The Kier molecular flexibility index (Phi) is 4.68. The van der Waals surface area contributed by atoms with E-state index < -0.39 is 16.1 Å². The number of sulfonamides is 1. The van der Waals surface area contributed by atoms with Gasteiger partial charge < -0.3 is 5.73 Å². The second-order valence-corrected chi connectivity index (χ2v) is 6.49. The summed E-state index contributed by atoms with van der Waals surface area (Å²) < 4.78 is 24.6. The van der Waals surface area contributed by atoms with Crippen LogP contribution in [-0.2, 0) is 16.4 Å². The van der Waals surface area contributed by atoms with E-state index in [1.165, 1.54) is 24.0 Å². The monoisotopic (exact) mass is 256 g/mol. The van der Waals surface area contributed by atoms with Crippen LogP contribution in [-0.4, -0.2) is 32.6 Å². The van der Waals surface area contributed by atoms with Gasteiger partial charge in [0.05, 0.1) is 5.75 Å². The molecule has 1 aromatic rings. The lowest BCUT2D eigenvalue weighted by Gasteiger charge is -2.16. The lowest BCUT2D eigenvalue weighted by molar-refractivity contribution is 0.515. The number of nitrogens with two attached hydrogens (primary N) is 1. The van der Waals surface area contributed by atoms with Crippen LogP contribution in [0.15, 0.2) is 24.3 Å². The molecule has 0 aliphatic heterocycles. The van der Waals surface area contributed by atoms with Crippen LogP contribution < -0.4 is 5.73 Å². The molecule has 0 bridgehead atoms. The SMILES string of the molecule is CCc1ccc(C(N)CS(=O)(=O)N(C)C)cc1. The minimum atomic E-state index is -3.25. The molecule has 17 heavy (non-hydrogen) atoms. The standard InChI is InChI=1S/C12H20N2O2S/c1-4-10-5-7-11(8-6-10)12(13)9-17(15,16)14(2)3/h5-8,12H,4,9,13H2,1-3H3. The largest absolute Gasteiger partial charge is 0.323 e. The highest BCUT2D eigenvalue weighted by atomic mass is 32.2. The first-order chi connectivity index (χ1) is 7.86. The van der Waals surface area contributed by atoms with Gasteiger partial charge in [0.1, 0.15) is 0 Å². The summed E-state index contributed by atoms with van der Waals surface area (Å²) >= 11 is 0. The molecule has 0 aliphatic rings. The average molecular weight is 256 g/mol. The van der Waals surface area contributed by atoms with Crippen molar-refractivity contribution >= 4 is 10.0 Å². The van der Waals surface area contributed by atoms with Gasteiger partial charge in [-0.05, 0) is 17.5 Å². The summed E-state index contributed by atoms with van der Waals surface area (Å²) in [5.41, 5.74) is 7.98. The Labute approximate surface area is 103 Å². The van der Waals surface area contributed by atoms with Gasteiger partial charge in [-0.2, -0.15) is 0 Å². The van der Waals surface area contributed by atoms with Crippen LogP contribution in [0.5, 0.6) is 0 Å². The molecule has 0 saturated carbocycles. The molecule has 2 N–H and O–H groups in total. The molecule has 0 aromatic heterocycles. The second kappa shape index (κ2) is 5.62. The van der Waals surface area contributed by atoms with E-state index in [1.807, 2.05) is 24.3 Å². The summed E-state index contributed by atoms with van der Waals surface area (Å²) in [6.45, 7) is 2.07. The van der Waals surface area contributed by atoms with Crippen LogP contribution in [0.4, 0.5) is 0 Å². The van der Waals surface area contributed by atoms with E-state index in [1.54, 1.807) is 0 Å². The van der Waals surface area contributed by atoms with Gasteiger partial charge in [-0.3, -0.25) is 0 Å². The van der Waals surface area contributed by atoms with Crippen LogP contribution in [0, 0.1) is 0 Å². The zero-order chi connectivity index (χ0) is 13.1. The van der Waals surface area contributed by atoms with Crippen molar-refractivity contribution in [1.29, 1.82) is 0 Å². The maximum Gasteiger partial charge on any atom is 0.215 e. The number of rotatable bonds is 5. The quantitative estimate of drug-likeness (QED) is 0.859. The van der Waals surface area contributed by atoms with Crippen molar-refractivity contribution in [3.63, 3.8) is 0 Å².